The van der Waals surface area contributed by atoms with Gasteiger partial charge in [0.25, 0.3) is 0 Å². The second-order valence-corrected chi connectivity index (χ2v) is 3.65. The lowest BCUT2D eigenvalue weighted by Gasteiger charge is -2.05. The monoisotopic (exact) mass is 264 g/mol. The lowest BCUT2D eigenvalue weighted by atomic mass is 10.2. The fourth-order valence-electron chi connectivity index (χ4n) is 1.81. The van der Waals surface area contributed by atoms with E-state index >= 15 is 0 Å². The summed E-state index contributed by atoms with van der Waals surface area (Å²) in [5, 5.41) is 8.95. The standard InChI is InChI=1S/C11H8N4O2.ClH/c12-10-9-4-13-5-15(9)8-3-6(11(16)17)1-2-7(8)14-10;/h1-5H,(H2,12,14)(H,16,17);1H. The highest BCUT2D eigenvalue weighted by Gasteiger charge is 2.09. The molecule has 0 atom stereocenters. The Balaban J connectivity index is 0.00000120. The van der Waals surface area contributed by atoms with Crippen molar-refractivity contribution in [3.63, 3.8) is 0 Å². The summed E-state index contributed by atoms with van der Waals surface area (Å²) in [5.74, 6) is -0.602. The van der Waals surface area contributed by atoms with Crippen molar-refractivity contribution in [2.24, 2.45) is 0 Å². The van der Waals surface area contributed by atoms with E-state index in [1.54, 1.807) is 29.1 Å². The Morgan fingerprint density at radius 1 is 1.33 bits per heavy atom. The minimum absolute atomic E-state index is 0. The number of nitrogens with two attached hydrogens (primary N) is 1. The molecular formula is C11H9ClN4O2. The Hall–Kier alpha value is -2.34. The number of benzene rings is 1. The first-order chi connectivity index (χ1) is 8.16. The third-order valence-electron chi connectivity index (χ3n) is 2.62. The van der Waals surface area contributed by atoms with Gasteiger partial charge in [-0.25, -0.2) is 14.8 Å². The number of carboxylic acids is 1. The molecule has 18 heavy (non-hydrogen) atoms. The average Bonchev–Trinajstić information content (AvgIpc) is 2.78. The molecule has 0 saturated heterocycles. The summed E-state index contributed by atoms with van der Waals surface area (Å²) in [7, 11) is 0. The molecule has 2 aromatic heterocycles. The zero-order chi connectivity index (χ0) is 12.0. The number of hydrogen-bond donors (Lipinski definition) is 2. The smallest absolute Gasteiger partial charge is 0.335 e. The molecule has 0 amide bonds. The van der Waals surface area contributed by atoms with Gasteiger partial charge in [0.15, 0.2) is 0 Å². The molecule has 0 spiro atoms. The Morgan fingerprint density at radius 2 is 2.11 bits per heavy atom. The van der Waals surface area contributed by atoms with Crippen LogP contribution in [0.5, 0.6) is 0 Å². The fourth-order valence-corrected chi connectivity index (χ4v) is 1.81. The Kier molecular flexibility index (Phi) is 2.80. The number of nitrogens with zero attached hydrogens (tertiary/aromatic N) is 3. The summed E-state index contributed by atoms with van der Waals surface area (Å²) in [6, 6.07) is 4.69. The molecule has 0 bridgehead atoms. The van der Waals surface area contributed by atoms with E-state index < -0.39 is 5.97 Å². The molecule has 2 heterocycles. The highest BCUT2D eigenvalue weighted by atomic mass is 35.5. The van der Waals surface area contributed by atoms with Crippen LogP contribution in [0.3, 0.4) is 0 Å². The Labute approximate surface area is 107 Å². The van der Waals surface area contributed by atoms with Gasteiger partial charge in [-0.1, -0.05) is 0 Å². The molecule has 0 aliphatic heterocycles. The zero-order valence-electron chi connectivity index (χ0n) is 9.07. The van der Waals surface area contributed by atoms with Crippen molar-refractivity contribution < 1.29 is 9.90 Å². The molecule has 0 fully saturated rings. The van der Waals surface area contributed by atoms with E-state index in [-0.39, 0.29) is 18.0 Å². The van der Waals surface area contributed by atoms with E-state index in [1.807, 2.05) is 0 Å². The van der Waals surface area contributed by atoms with Crippen LogP contribution in [0.1, 0.15) is 10.4 Å². The molecule has 0 aliphatic carbocycles. The van der Waals surface area contributed by atoms with Crippen LogP contribution >= 0.6 is 12.4 Å². The van der Waals surface area contributed by atoms with Gasteiger partial charge in [-0.15, -0.1) is 12.4 Å². The van der Waals surface area contributed by atoms with Gasteiger partial charge in [-0.05, 0) is 18.2 Å². The second-order valence-electron chi connectivity index (χ2n) is 3.65. The minimum Gasteiger partial charge on any atom is -0.478 e. The first kappa shape index (κ1) is 12.1. The van der Waals surface area contributed by atoms with Gasteiger partial charge in [-0.2, -0.15) is 0 Å². The molecule has 7 heteroatoms. The Morgan fingerprint density at radius 3 is 2.83 bits per heavy atom. The summed E-state index contributed by atoms with van der Waals surface area (Å²) < 4.78 is 1.73. The molecule has 3 rings (SSSR count). The van der Waals surface area contributed by atoms with Gasteiger partial charge in [0, 0.05) is 0 Å². The number of carboxylic acid groups (broad SMARTS) is 1. The highest BCUT2D eigenvalue weighted by Crippen LogP contribution is 2.20. The SMILES string of the molecule is Cl.Nc1nc2ccc(C(=O)O)cc2n2cncc12. The van der Waals surface area contributed by atoms with E-state index in [0.717, 1.165) is 0 Å². The number of nitrogen functional groups attached to an aromatic ring is 1. The summed E-state index contributed by atoms with van der Waals surface area (Å²) in [6.07, 6.45) is 3.18. The van der Waals surface area contributed by atoms with Crippen LogP contribution in [0.4, 0.5) is 5.82 Å². The van der Waals surface area contributed by atoms with Gasteiger partial charge in [0.05, 0.1) is 29.1 Å². The van der Waals surface area contributed by atoms with Crippen molar-refractivity contribution in [3.05, 3.63) is 36.3 Å². The van der Waals surface area contributed by atoms with Crippen molar-refractivity contribution in [1.82, 2.24) is 14.4 Å². The van der Waals surface area contributed by atoms with Gasteiger partial charge in [0.2, 0.25) is 0 Å². The van der Waals surface area contributed by atoms with Gasteiger partial charge >= 0.3 is 5.97 Å². The quantitative estimate of drug-likeness (QED) is 0.696. The van der Waals surface area contributed by atoms with Crippen LogP contribution in [-0.2, 0) is 0 Å². The van der Waals surface area contributed by atoms with Crippen molar-refractivity contribution in [1.29, 1.82) is 0 Å². The van der Waals surface area contributed by atoms with Crippen LogP contribution in [0.25, 0.3) is 16.6 Å². The maximum Gasteiger partial charge on any atom is 0.335 e. The summed E-state index contributed by atoms with van der Waals surface area (Å²) in [5.41, 5.74) is 7.96. The predicted octanol–water partition coefficient (Wildman–Crippen LogP) is 1.58. The number of halogens is 1. The third-order valence-corrected chi connectivity index (χ3v) is 2.62. The van der Waals surface area contributed by atoms with Gasteiger partial charge in [0.1, 0.15) is 11.3 Å². The van der Waals surface area contributed by atoms with Crippen LogP contribution in [0, 0.1) is 0 Å². The molecule has 3 N–H and O–H groups in total. The topological polar surface area (TPSA) is 93.5 Å². The number of rotatable bonds is 1. The maximum absolute atomic E-state index is 10.9. The number of aromatic nitrogens is 3. The maximum atomic E-state index is 10.9. The largest absolute Gasteiger partial charge is 0.478 e. The first-order valence-corrected chi connectivity index (χ1v) is 4.91. The van der Waals surface area contributed by atoms with Crippen LogP contribution < -0.4 is 5.73 Å². The lowest BCUT2D eigenvalue weighted by molar-refractivity contribution is 0.0697. The predicted molar refractivity (Wildman–Crippen MR) is 69.1 cm³/mol. The van der Waals surface area contributed by atoms with E-state index in [1.165, 1.54) is 6.07 Å². The van der Waals surface area contributed by atoms with Gasteiger partial charge < -0.3 is 10.8 Å². The van der Waals surface area contributed by atoms with Crippen molar-refractivity contribution in [3.8, 4) is 0 Å². The van der Waals surface area contributed by atoms with Crippen molar-refractivity contribution >= 4 is 40.7 Å². The van der Waals surface area contributed by atoms with Crippen LogP contribution in [0.15, 0.2) is 30.7 Å². The van der Waals surface area contributed by atoms with Crippen molar-refractivity contribution in [2.75, 3.05) is 5.73 Å². The normalized spacial score (nSPS) is 10.4. The van der Waals surface area contributed by atoms with E-state index in [4.69, 9.17) is 10.8 Å². The number of fused-ring (bicyclic) bond motifs is 3. The lowest BCUT2D eigenvalue weighted by Crippen LogP contribution is -2.00. The van der Waals surface area contributed by atoms with E-state index in [2.05, 4.69) is 9.97 Å². The molecule has 0 unspecified atom stereocenters. The summed E-state index contributed by atoms with van der Waals surface area (Å²) >= 11 is 0. The van der Waals surface area contributed by atoms with E-state index in [9.17, 15) is 4.79 Å². The number of aromatic carboxylic acids is 1. The van der Waals surface area contributed by atoms with Crippen LogP contribution in [-0.4, -0.2) is 25.4 Å². The van der Waals surface area contributed by atoms with Crippen molar-refractivity contribution in [2.45, 2.75) is 0 Å². The molecular weight excluding hydrogens is 256 g/mol. The molecule has 1 aromatic carbocycles. The summed E-state index contributed by atoms with van der Waals surface area (Å²) in [6.45, 7) is 0. The molecule has 0 aliphatic rings. The fraction of sp³-hybridized carbons (Fsp3) is 0. The molecule has 0 saturated carbocycles. The number of carbonyl (C=O) groups is 1. The van der Waals surface area contributed by atoms with E-state index in [0.29, 0.717) is 22.4 Å². The number of imidazole rings is 1. The highest BCUT2D eigenvalue weighted by molar-refractivity contribution is 5.93. The second kappa shape index (κ2) is 4.15. The number of hydrogen-bond acceptors (Lipinski definition) is 4. The molecule has 6 nitrogen and oxygen atoms in total. The zero-order valence-corrected chi connectivity index (χ0v) is 9.89. The number of anilines is 1. The summed E-state index contributed by atoms with van der Waals surface area (Å²) in [4.78, 5) is 19.1. The molecule has 92 valence electrons. The average molecular weight is 265 g/mol. The minimum atomic E-state index is -0.975. The van der Waals surface area contributed by atoms with Gasteiger partial charge in [-0.3, -0.25) is 4.40 Å². The van der Waals surface area contributed by atoms with Crippen LogP contribution in [0.2, 0.25) is 0 Å². The first-order valence-electron chi connectivity index (χ1n) is 4.91. The Bertz CT molecular complexity index is 753. The third kappa shape index (κ3) is 1.63. The molecule has 3 aromatic rings. The molecule has 0 radical (unpaired) electrons.